The van der Waals surface area contributed by atoms with Gasteiger partial charge in [-0.3, -0.25) is 0 Å². The third-order valence-electron chi connectivity index (χ3n) is 7.66. The quantitative estimate of drug-likeness (QED) is 0.574. The topological polar surface area (TPSA) is 84.2 Å². The van der Waals surface area contributed by atoms with Crippen LogP contribution in [0.2, 0.25) is 0 Å². The number of aliphatic hydroxyl groups excluding tert-OH is 1. The Hall–Kier alpha value is -3.01. The molecule has 2 aromatic carbocycles. The van der Waals surface area contributed by atoms with Gasteiger partial charge in [-0.2, -0.15) is 0 Å². The SMILES string of the molecule is CN1CCN(c2cc(C(O)C#Cc3ccc(C(=O)O)c(O)c3)cc3c2C(C)(C)CCC3(C)C)CC1. The first-order chi connectivity index (χ1) is 16.4. The van der Waals surface area contributed by atoms with Crippen LogP contribution in [0.4, 0.5) is 5.69 Å². The molecular weight excluding hydrogens is 440 g/mol. The van der Waals surface area contributed by atoms with Gasteiger partial charge in [0, 0.05) is 37.4 Å². The number of hydrogen-bond acceptors (Lipinski definition) is 5. The van der Waals surface area contributed by atoms with Crippen molar-refractivity contribution in [1.29, 1.82) is 0 Å². The number of carboxylic acids is 1. The summed E-state index contributed by atoms with van der Waals surface area (Å²) in [7, 11) is 2.15. The van der Waals surface area contributed by atoms with E-state index in [9.17, 15) is 15.0 Å². The molecular formula is C29H36N2O4. The Bertz CT molecular complexity index is 1200. The predicted molar refractivity (Wildman–Crippen MR) is 138 cm³/mol. The van der Waals surface area contributed by atoms with Gasteiger partial charge >= 0.3 is 5.97 Å². The monoisotopic (exact) mass is 476 g/mol. The Morgan fingerprint density at radius 3 is 2.29 bits per heavy atom. The van der Waals surface area contributed by atoms with Crippen LogP contribution >= 0.6 is 0 Å². The van der Waals surface area contributed by atoms with Crippen LogP contribution < -0.4 is 4.90 Å². The summed E-state index contributed by atoms with van der Waals surface area (Å²) in [6, 6.07) is 8.41. The Labute approximate surface area is 208 Å². The number of carboxylic acid groups (broad SMARTS) is 1. The van der Waals surface area contributed by atoms with Crippen LogP contribution in [0.3, 0.4) is 0 Å². The predicted octanol–water partition coefficient (Wildman–Crippen LogP) is 4.28. The molecule has 0 amide bonds. The van der Waals surface area contributed by atoms with Crippen molar-refractivity contribution in [2.45, 2.75) is 57.5 Å². The number of carbonyl (C=O) groups is 1. The zero-order valence-corrected chi connectivity index (χ0v) is 21.4. The Balaban J connectivity index is 1.76. The van der Waals surface area contributed by atoms with E-state index in [1.807, 2.05) is 0 Å². The molecule has 0 radical (unpaired) electrons. The minimum atomic E-state index is -1.20. The normalized spacial score (nSPS) is 19.9. The van der Waals surface area contributed by atoms with Crippen molar-refractivity contribution >= 4 is 11.7 Å². The summed E-state index contributed by atoms with van der Waals surface area (Å²) in [6.07, 6.45) is 1.19. The summed E-state index contributed by atoms with van der Waals surface area (Å²) in [4.78, 5) is 15.9. The third kappa shape index (κ3) is 5.03. The average molecular weight is 477 g/mol. The fourth-order valence-electron chi connectivity index (χ4n) is 5.26. The van der Waals surface area contributed by atoms with Gasteiger partial charge in [0.15, 0.2) is 0 Å². The van der Waals surface area contributed by atoms with Gasteiger partial charge in [-0.1, -0.05) is 45.6 Å². The number of aliphatic hydroxyl groups is 1. The fourth-order valence-corrected chi connectivity index (χ4v) is 5.26. The lowest BCUT2D eigenvalue weighted by atomic mass is 9.62. The second kappa shape index (κ2) is 9.22. The summed E-state index contributed by atoms with van der Waals surface area (Å²) < 4.78 is 0. The highest BCUT2D eigenvalue weighted by atomic mass is 16.4. The van der Waals surface area contributed by atoms with Crippen molar-refractivity contribution in [3.05, 3.63) is 58.1 Å². The molecule has 1 heterocycles. The van der Waals surface area contributed by atoms with E-state index in [-0.39, 0.29) is 22.1 Å². The molecule has 0 spiro atoms. The van der Waals surface area contributed by atoms with E-state index in [0.717, 1.165) is 44.6 Å². The van der Waals surface area contributed by atoms with Gasteiger partial charge < -0.3 is 25.1 Å². The van der Waals surface area contributed by atoms with Crippen molar-refractivity contribution in [3.8, 4) is 17.6 Å². The average Bonchev–Trinajstić information content (AvgIpc) is 2.80. The molecule has 0 bridgehead atoms. The number of anilines is 1. The molecule has 35 heavy (non-hydrogen) atoms. The van der Waals surface area contributed by atoms with E-state index >= 15 is 0 Å². The lowest BCUT2D eigenvalue weighted by molar-refractivity contribution is 0.0693. The molecule has 6 heteroatoms. The first kappa shape index (κ1) is 25.1. The number of phenols is 1. The molecule has 0 saturated carbocycles. The zero-order chi connectivity index (χ0) is 25.5. The molecule has 186 valence electrons. The largest absolute Gasteiger partial charge is 0.507 e. The number of rotatable bonds is 3. The number of nitrogens with zero attached hydrogens (tertiary/aromatic N) is 2. The molecule has 1 aliphatic heterocycles. The van der Waals surface area contributed by atoms with Gasteiger partial charge in [0.25, 0.3) is 0 Å². The number of aromatic carboxylic acids is 1. The molecule has 1 aliphatic carbocycles. The van der Waals surface area contributed by atoms with Crippen molar-refractivity contribution < 1.29 is 20.1 Å². The van der Waals surface area contributed by atoms with Crippen molar-refractivity contribution in [3.63, 3.8) is 0 Å². The molecule has 2 aliphatic rings. The highest BCUT2D eigenvalue weighted by Crippen LogP contribution is 2.50. The van der Waals surface area contributed by atoms with Gasteiger partial charge in [0.05, 0.1) is 0 Å². The van der Waals surface area contributed by atoms with Crippen LogP contribution in [-0.4, -0.2) is 59.4 Å². The van der Waals surface area contributed by atoms with E-state index in [4.69, 9.17) is 5.11 Å². The van der Waals surface area contributed by atoms with Crippen LogP contribution in [0.25, 0.3) is 0 Å². The van der Waals surface area contributed by atoms with E-state index in [1.54, 1.807) is 0 Å². The second-order valence-electron chi connectivity index (χ2n) is 11.2. The van der Waals surface area contributed by atoms with Crippen LogP contribution in [-0.2, 0) is 10.8 Å². The smallest absolute Gasteiger partial charge is 0.339 e. The number of hydrogen-bond donors (Lipinski definition) is 3. The number of fused-ring (bicyclic) bond motifs is 1. The molecule has 2 aromatic rings. The Morgan fingerprint density at radius 1 is 1.00 bits per heavy atom. The minimum Gasteiger partial charge on any atom is -0.507 e. The second-order valence-corrected chi connectivity index (χ2v) is 11.2. The van der Waals surface area contributed by atoms with E-state index in [2.05, 4.69) is 68.5 Å². The standard InChI is InChI=1S/C29H36N2O4/c1-28(2)10-11-29(3,4)26-22(28)17-20(18-23(26)31-14-12-30(5)13-15-31)24(32)9-7-19-6-8-21(27(34)35)25(33)16-19/h6,8,16-18,24,32-33H,10-15H2,1-5H3,(H,34,35). The number of benzene rings is 2. The molecule has 1 fully saturated rings. The highest BCUT2D eigenvalue weighted by molar-refractivity contribution is 5.90. The van der Waals surface area contributed by atoms with Crippen molar-refractivity contribution in [2.24, 2.45) is 0 Å². The lowest BCUT2D eigenvalue weighted by Gasteiger charge is -2.46. The fraction of sp³-hybridized carbons (Fsp3) is 0.483. The maximum atomic E-state index is 11.1. The minimum absolute atomic E-state index is 0.00616. The molecule has 3 N–H and O–H groups in total. The van der Waals surface area contributed by atoms with Crippen LogP contribution in [0.15, 0.2) is 30.3 Å². The third-order valence-corrected chi connectivity index (χ3v) is 7.66. The first-order valence-electron chi connectivity index (χ1n) is 12.3. The number of aromatic hydroxyl groups is 1. The van der Waals surface area contributed by atoms with Crippen molar-refractivity contribution in [2.75, 3.05) is 38.1 Å². The molecule has 6 nitrogen and oxygen atoms in total. The van der Waals surface area contributed by atoms with E-state index in [0.29, 0.717) is 5.56 Å². The summed E-state index contributed by atoms with van der Waals surface area (Å²) in [6.45, 7) is 13.1. The maximum absolute atomic E-state index is 11.1. The van der Waals surface area contributed by atoms with Crippen molar-refractivity contribution in [1.82, 2.24) is 4.90 Å². The molecule has 1 unspecified atom stereocenters. The van der Waals surface area contributed by atoms with Crippen LogP contribution in [0.5, 0.6) is 5.75 Å². The van der Waals surface area contributed by atoms with Gasteiger partial charge in [0.2, 0.25) is 0 Å². The van der Waals surface area contributed by atoms with Gasteiger partial charge in [-0.05, 0) is 71.7 Å². The Morgan fingerprint density at radius 2 is 1.66 bits per heavy atom. The Kier molecular flexibility index (Phi) is 6.61. The molecule has 4 rings (SSSR count). The number of piperazine rings is 1. The molecule has 1 atom stereocenters. The summed E-state index contributed by atoms with van der Waals surface area (Å²) >= 11 is 0. The summed E-state index contributed by atoms with van der Waals surface area (Å²) in [5.74, 6) is 4.27. The summed E-state index contributed by atoms with van der Waals surface area (Å²) in [5.41, 5.74) is 4.95. The van der Waals surface area contributed by atoms with E-state index < -0.39 is 12.1 Å². The highest BCUT2D eigenvalue weighted by Gasteiger charge is 2.40. The van der Waals surface area contributed by atoms with Gasteiger partial charge in [-0.15, -0.1) is 0 Å². The van der Waals surface area contributed by atoms with Crippen LogP contribution in [0.1, 0.15) is 79.3 Å². The first-order valence-corrected chi connectivity index (χ1v) is 12.3. The van der Waals surface area contributed by atoms with E-state index in [1.165, 1.54) is 35.0 Å². The summed E-state index contributed by atoms with van der Waals surface area (Å²) in [5, 5.41) is 30.2. The lowest BCUT2D eigenvalue weighted by Crippen LogP contribution is -2.46. The van der Waals surface area contributed by atoms with Gasteiger partial charge in [0.1, 0.15) is 17.4 Å². The molecule has 0 aromatic heterocycles. The number of likely N-dealkylation sites (N-methyl/N-ethyl adjacent to an activating group) is 1. The van der Waals surface area contributed by atoms with Crippen LogP contribution in [0, 0.1) is 11.8 Å². The zero-order valence-electron chi connectivity index (χ0n) is 21.4. The maximum Gasteiger partial charge on any atom is 0.339 e. The molecule has 1 saturated heterocycles. The van der Waals surface area contributed by atoms with Gasteiger partial charge in [-0.25, -0.2) is 4.79 Å².